The van der Waals surface area contributed by atoms with Crippen molar-refractivity contribution >= 4 is 22.6 Å². The molecule has 7 nitrogen and oxygen atoms in total. The van der Waals surface area contributed by atoms with Crippen LogP contribution in [-0.2, 0) is 0 Å². The number of rotatable bonds is 2. The van der Waals surface area contributed by atoms with Gasteiger partial charge in [0, 0.05) is 30.2 Å². The molecule has 2 aromatic rings. The molecule has 3 N–H and O–H groups in total. The number of nitrogens with two attached hydrogens (primary N) is 1. The van der Waals surface area contributed by atoms with E-state index in [2.05, 4.69) is 0 Å². The molecule has 0 radical (unpaired) electrons. The van der Waals surface area contributed by atoms with Gasteiger partial charge in [0.15, 0.2) is 11.6 Å². The molecule has 1 spiro atoms. The Labute approximate surface area is 165 Å². The molecule has 8 heteroatoms. The molecule has 6 rings (SSSR count). The van der Waals surface area contributed by atoms with Crippen LogP contribution in [0.25, 0.3) is 10.9 Å². The maximum atomic E-state index is 15.4. The zero-order valence-corrected chi connectivity index (χ0v) is 16.1. The summed E-state index contributed by atoms with van der Waals surface area (Å²) in [6.45, 7) is 3.41. The van der Waals surface area contributed by atoms with Gasteiger partial charge in [0.25, 0.3) is 0 Å². The van der Waals surface area contributed by atoms with E-state index in [1.54, 1.807) is 4.57 Å². The standard InChI is InChI=1S/C21H22FN3O4/c1-10-7-29-18-15-12(17(26)13(19(27)28)6-25(10)15)4-14(22)16(18)24-8-20-5-11(20)2-3-21(20,23)9-24/h4,6,10-11H,2-3,5,7-9,23H2,1H3,(H,27,28)/t10-,11?,20?,21+/m0/s1. The largest absolute Gasteiger partial charge is 0.487 e. The van der Waals surface area contributed by atoms with Gasteiger partial charge in [-0.15, -0.1) is 0 Å². The Morgan fingerprint density at radius 3 is 2.90 bits per heavy atom. The normalized spacial score (nSPS) is 34.1. The first kappa shape index (κ1) is 17.3. The van der Waals surface area contributed by atoms with E-state index in [1.807, 2.05) is 11.8 Å². The molecule has 1 aromatic carbocycles. The van der Waals surface area contributed by atoms with Crippen LogP contribution in [0.1, 0.15) is 42.6 Å². The van der Waals surface area contributed by atoms with Crippen molar-refractivity contribution in [3.05, 3.63) is 33.9 Å². The summed E-state index contributed by atoms with van der Waals surface area (Å²) >= 11 is 0. The summed E-state index contributed by atoms with van der Waals surface area (Å²) in [7, 11) is 0. The van der Waals surface area contributed by atoms with Gasteiger partial charge < -0.3 is 25.0 Å². The fraction of sp³-hybridized carbons (Fsp3) is 0.524. The molecule has 2 aliphatic carbocycles. The number of anilines is 1. The van der Waals surface area contributed by atoms with Crippen molar-refractivity contribution in [2.45, 2.75) is 37.8 Å². The minimum Gasteiger partial charge on any atom is -0.487 e. The number of hydrogen-bond donors (Lipinski definition) is 2. The third kappa shape index (κ3) is 1.95. The average Bonchev–Trinajstić information content (AvgIpc) is 3.19. The molecule has 2 unspecified atom stereocenters. The van der Waals surface area contributed by atoms with Crippen LogP contribution in [-0.4, -0.2) is 40.9 Å². The molecule has 1 aromatic heterocycles. The van der Waals surface area contributed by atoms with Crippen LogP contribution < -0.4 is 20.8 Å². The number of nitrogens with zero attached hydrogens (tertiary/aromatic N) is 2. The van der Waals surface area contributed by atoms with Crippen molar-refractivity contribution in [2.24, 2.45) is 17.1 Å². The predicted octanol–water partition coefficient (Wildman–Crippen LogP) is 2.11. The minimum atomic E-state index is -1.32. The molecule has 0 bridgehead atoms. The minimum absolute atomic E-state index is 0.0389. The van der Waals surface area contributed by atoms with Gasteiger partial charge in [0.2, 0.25) is 5.43 Å². The molecule has 152 valence electrons. The molecule has 4 atom stereocenters. The number of benzene rings is 1. The van der Waals surface area contributed by atoms with Gasteiger partial charge in [-0.05, 0) is 38.2 Å². The third-order valence-corrected chi connectivity index (χ3v) is 7.80. The van der Waals surface area contributed by atoms with Crippen molar-refractivity contribution in [3.63, 3.8) is 0 Å². The monoisotopic (exact) mass is 399 g/mol. The molecule has 3 heterocycles. The molecule has 4 aliphatic rings. The van der Waals surface area contributed by atoms with E-state index >= 15 is 4.39 Å². The lowest BCUT2D eigenvalue weighted by Crippen LogP contribution is -2.47. The van der Waals surface area contributed by atoms with Crippen LogP contribution in [0.2, 0.25) is 0 Å². The summed E-state index contributed by atoms with van der Waals surface area (Å²) in [6, 6.07) is 0.993. The number of carboxylic acid groups (broad SMARTS) is 1. The van der Waals surface area contributed by atoms with Gasteiger partial charge in [-0.3, -0.25) is 4.79 Å². The zero-order valence-electron chi connectivity index (χ0n) is 16.1. The molecule has 2 aliphatic heterocycles. The highest BCUT2D eigenvalue weighted by atomic mass is 19.1. The first-order valence-corrected chi connectivity index (χ1v) is 10.1. The summed E-state index contributed by atoms with van der Waals surface area (Å²) in [6.07, 6.45) is 4.53. The van der Waals surface area contributed by atoms with Gasteiger partial charge >= 0.3 is 5.97 Å². The fourth-order valence-electron chi connectivity index (χ4n) is 6.19. The second-order valence-corrected chi connectivity index (χ2v) is 9.28. The number of aromatic nitrogens is 1. The lowest BCUT2D eigenvalue weighted by Gasteiger charge is -2.32. The van der Waals surface area contributed by atoms with Crippen LogP contribution in [0.15, 0.2) is 17.1 Å². The van der Waals surface area contributed by atoms with Gasteiger partial charge in [-0.2, -0.15) is 0 Å². The molecule has 1 saturated heterocycles. The molecule has 2 saturated carbocycles. The Balaban J connectivity index is 1.59. The summed E-state index contributed by atoms with van der Waals surface area (Å²) in [5.41, 5.74) is 6.26. The van der Waals surface area contributed by atoms with Gasteiger partial charge in [-0.1, -0.05) is 0 Å². The number of halogens is 1. The lowest BCUT2D eigenvalue weighted by molar-refractivity contribution is 0.0694. The Bertz CT molecular complexity index is 1170. The van der Waals surface area contributed by atoms with Gasteiger partial charge in [-0.25, -0.2) is 9.18 Å². The molecular weight excluding hydrogens is 377 g/mol. The smallest absolute Gasteiger partial charge is 0.341 e. The van der Waals surface area contributed by atoms with Crippen LogP contribution in [0, 0.1) is 17.2 Å². The van der Waals surface area contributed by atoms with Crippen molar-refractivity contribution < 1.29 is 19.0 Å². The van der Waals surface area contributed by atoms with E-state index in [0.717, 1.165) is 19.3 Å². The van der Waals surface area contributed by atoms with Crippen molar-refractivity contribution in [1.29, 1.82) is 0 Å². The zero-order chi connectivity index (χ0) is 20.3. The van der Waals surface area contributed by atoms with E-state index in [-0.39, 0.29) is 34.6 Å². The molecule has 29 heavy (non-hydrogen) atoms. The quantitative estimate of drug-likeness (QED) is 0.803. The predicted molar refractivity (Wildman–Crippen MR) is 104 cm³/mol. The highest BCUT2D eigenvalue weighted by Crippen LogP contribution is 2.70. The van der Waals surface area contributed by atoms with Crippen LogP contribution >= 0.6 is 0 Å². The van der Waals surface area contributed by atoms with E-state index in [0.29, 0.717) is 36.0 Å². The molecule has 0 amide bonds. The average molecular weight is 399 g/mol. The Hall–Kier alpha value is -2.61. The highest BCUT2D eigenvalue weighted by Gasteiger charge is 2.72. The van der Waals surface area contributed by atoms with Crippen molar-refractivity contribution in [3.8, 4) is 5.75 Å². The van der Waals surface area contributed by atoms with E-state index in [4.69, 9.17) is 10.5 Å². The van der Waals surface area contributed by atoms with E-state index in [1.165, 1.54) is 12.3 Å². The first-order chi connectivity index (χ1) is 13.8. The molecular formula is C21H22FN3O4. The van der Waals surface area contributed by atoms with Gasteiger partial charge in [0.05, 0.1) is 16.9 Å². The number of hydrogen-bond acceptors (Lipinski definition) is 5. The second-order valence-electron chi connectivity index (χ2n) is 9.28. The van der Waals surface area contributed by atoms with E-state index < -0.39 is 17.2 Å². The maximum absolute atomic E-state index is 15.4. The van der Waals surface area contributed by atoms with E-state index in [9.17, 15) is 14.7 Å². The summed E-state index contributed by atoms with van der Waals surface area (Å²) < 4.78 is 23.1. The lowest BCUT2D eigenvalue weighted by atomic mass is 9.86. The second kappa shape index (κ2) is 5.11. The van der Waals surface area contributed by atoms with Crippen LogP contribution in [0.4, 0.5) is 10.1 Å². The third-order valence-electron chi connectivity index (χ3n) is 7.80. The van der Waals surface area contributed by atoms with Crippen LogP contribution in [0.5, 0.6) is 5.75 Å². The SMILES string of the molecule is C[C@H]1COc2c(N3CC45CC4CC[C@@]5(N)C3)c(F)cc3c(=O)c(C(=O)O)cn1c23. The Kier molecular flexibility index (Phi) is 3.04. The maximum Gasteiger partial charge on any atom is 0.341 e. The number of aromatic carboxylic acids is 1. The molecule has 3 fully saturated rings. The number of ether oxygens (including phenoxy) is 1. The Morgan fingerprint density at radius 2 is 2.21 bits per heavy atom. The number of carboxylic acids is 1. The van der Waals surface area contributed by atoms with Crippen molar-refractivity contribution in [2.75, 3.05) is 24.6 Å². The number of pyridine rings is 1. The summed E-state index contributed by atoms with van der Waals surface area (Å²) in [4.78, 5) is 26.2. The van der Waals surface area contributed by atoms with Crippen LogP contribution in [0.3, 0.4) is 0 Å². The van der Waals surface area contributed by atoms with Gasteiger partial charge in [0.1, 0.15) is 17.9 Å². The summed E-state index contributed by atoms with van der Waals surface area (Å²) in [5, 5.41) is 9.45. The van der Waals surface area contributed by atoms with Crippen molar-refractivity contribution in [1.82, 2.24) is 4.57 Å². The fourth-order valence-corrected chi connectivity index (χ4v) is 6.19. The highest BCUT2D eigenvalue weighted by molar-refractivity contribution is 5.97. The first-order valence-electron chi connectivity index (χ1n) is 10.1. The topological polar surface area (TPSA) is 97.8 Å². The summed E-state index contributed by atoms with van der Waals surface area (Å²) in [5.74, 6) is -0.939. The number of carbonyl (C=O) groups is 1. The Morgan fingerprint density at radius 1 is 1.41 bits per heavy atom.